The molecule has 2 heterocycles. The van der Waals surface area contributed by atoms with E-state index in [1.54, 1.807) is 6.20 Å². The molecule has 114 valence electrons. The maximum Gasteiger partial charge on any atom is 0.259 e. The highest BCUT2D eigenvalue weighted by atomic mass is 35.5. The molecule has 0 aromatic carbocycles. The molecule has 0 spiro atoms. The van der Waals surface area contributed by atoms with E-state index in [0.717, 1.165) is 44.5 Å². The number of nitrogens with two attached hydrogens (primary N) is 1. The van der Waals surface area contributed by atoms with Crippen LogP contribution < -0.4 is 10.5 Å². The van der Waals surface area contributed by atoms with Gasteiger partial charge in [-0.3, -0.25) is 0 Å². The number of hydrogen-bond donors (Lipinski definition) is 2. The topological polar surface area (TPSA) is 90.0 Å². The molecule has 1 fully saturated rings. The first kappa shape index (κ1) is 15.8. The normalized spacial score (nSPS) is 20.1. The van der Waals surface area contributed by atoms with Crippen molar-refractivity contribution >= 4 is 22.4 Å². The van der Waals surface area contributed by atoms with Gasteiger partial charge in [0.25, 0.3) is 10.0 Å². The number of nitrogens with one attached hydrogen (secondary N) is 1. The number of sulfonamides is 1. The zero-order chi connectivity index (χ0) is 13.5. The molecule has 20 heavy (non-hydrogen) atoms. The molecule has 1 saturated carbocycles. The first-order valence-electron chi connectivity index (χ1n) is 6.88. The molecule has 0 bridgehead atoms. The van der Waals surface area contributed by atoms with Crippen molar-refractivity contribution < 1.29 is 8.42 Å². The standard InChI is InChI=1S/C12H20N4O2S.ClH/c13-7-10(9-4-5-9)15-19(17,18)12-8-16-6-2-1-3-11(16)14-12;/h8-10,15H,1-7,13H2;1H. The van der Waals surface area contributed by atoms with Gasteiger partial charge in [0.15, 0.2) is 5.03 Å². The fourth-order valence-corrected chi connectivity index (χ4v) is 3.91. The number of aryl methyl sites for hydroxylation is 2. The Balaban J connectivity index is 0.00000147. The van der Waals surface area contributed by atoms with Gasteiger partial charge in [-0.05, 0) is 31.6 Å². The molecule has 0 radical (unpaired) electrons. The monoisotopic (exact) mass is 320 g/mol. The minimum atomic E-state index is -3.53. The van der Waals surface area contributed by atoms with Gasteiger partial charge in [-0.15, -0.1) is 12.4 Å². The highest BCUT2D eigenvalue weighted by molar-refractivity contribution is 7.89. The molecule has 1 atom stereocenters. The molecular formula is C12H21ClN4O2S. The fourth-order valence-electron chi connectivity index (χ4n) is 2.61. The maximum absolute atomic E-state index is 12.3. The summed E-state index contributed by atoms with van der Waals surface area (Å²) < 4.78 is 29.3. The Morgan fingerprint density at radius 1 is 1.45 bits per heavy atom. The molecular weight excluding hydrogens is 300 g/mol. The second-order valence-electron chi connectivity index (χ2n) is 5.45. The lowest BCUT2D eigenvalue weighted by Crippen LogP contribution is -2.41. The number of fused-ring (bicyclic) bond motifs is 1. The second-order valence-corrected chi connectivity index (χ2v) is 7.11. The zero-order valence-corrected chi connectivity index (χ0v) is 12.9. The highest BCUT2D eigenvalue weighted by Gasteiger charge is 2.34. The lowest BCUT2D eigenvalue weighted by atomic mass is 10.2. The Hall–Kier alpha value is -0.630. The molecule has 2 aliphatic rings. The number of hydrogen-bond acceptors (Lipinski definition) is 4. The van der Waals surface area contributed by atoms with Crippen LogP contribution >= 0.6 is 12.4 Å². The van der Waals surface area contributed by atoms with Gasteiger partial charge in [-0.2, -0.15) is 0 Å². The van der Waals surface area contributed by atoms with Gasteiger partial charge >= 0.3 is 0 Å². The average Bonchev–Trinajstić information content (AvgIpc) is 3.13. The molecule has 6 nitrogen and oxygen atoms in total. The molecule has 1 unspecified atom stereocenters. The van der Waals surface area contributed by atoms with E-state index in [9.17, 15) is 8.42 Å². The van der Waals surface area contributed by atoms with Crippen molar-refractivity contribution in [3.63, 3.8) is 0 Å². The third-order valence-electron chi connectivity index (χ3n) is 3.91. The highest BCUT2D eigenvalue weighted by Crippen LogP contribution is 2.32. The predicted octanol–water partition coefficient (Wildman–Crippen LogP) is 0.657. The van der Waals surface area contributed by atoms with Gasteiger partial charge in [0.2, 0.25) is 0 Å². The summed E-state index contributed by atoms with van der Waals surface area (Å²) in [6.45, 7) is 1.21. The van der Waals surface area contributed by atoms with Gasteiger partial charge in [0, 0.05) is 31.7 Å². The number of halogens is 1. The van der Waals surface area contributed by atoms with Gasteiger partial charge in [-0.25, -0.2) is 18.1 Å². The number of aromatic nitrogens is 2. The number of imidazole rings is 1. The van der Waals surface area contributed by atoms with Gasteiger partial charge in [0.05, 0.1) is 0 Å². The van der Waals surface area contributed by atoms with E-state index >= 15 is 0 Å². The first-order valence-corrected chi connectivity index (χ1v) is 8.37. The third kappa shape index (κ3) is 3.16. The first-order chi connectivity index (χ1) is 9.10. The lowest BCUT2D eigenvalue weighted by Gasteiger charge is -2.14. The van der Waals surface area contributed by atoms with Gasteiger partial charge < -0.3 is 10.3 Å². The summed E-state index contributed by atoms with van der Waals surface area (Å²) in [5, 5.41) is 0.142. The Morgan fingerprint density at radius 2 is 2.20 bits per heavy atom. The van der Waals surface area contributed by atoms with Crippen LogP contribution in [0, 0.1) is 5.92 Å². The lowest BCUT2D eigenvalue weighted by molar-refractivity contribution is 0.517. The van der Waals surface area contributed by atoms with E-state index in [1.807, 2.05) is 4.57 Å². The van der Waals surface area contributed by atoms with Crippen LogP contribution in [-0.4, -0.2) is 30.6 Å². The molecule has 8 heteroatoms. The van der Waals surface area contributed by atoms with Crippen LogP contribution in [0.2, 0.25) is 0 Å². The quantitative estimate of drug-likeness (QED) is 0.834. The summed E-state index contributed by atoms with van der Waals surface area (Å²) in [4.78, 5) is 4.26. The van der Waals surface area contributed by atoms with Gasteiger partial charge in [-0.1, -0.05) is 0 Å². The molecule has 3 N–H and O–H groups in total. The largest absolute Gasteiger partial charge is 0.333 e. The summed E-state index contributed by atoms with van der Waals surface area (Å²) in [5.41, 5.74) is 5.64. The summed E-state index contributed by atoms with van der Waals surface area (Å²) in [7, 11) is -3.53. The Kier molecular flexibility index (Phi) is 4.73. The van der Waals surface area contributed by atoms with Crippen LogP contribution in [0.4, 0.5) is 0 Å². The zero-order valence-electron chi connectivity index (χ0n) is 11.3. The van der Waals surface area contributed by atoms with Crippen molar-refractivity contribution in [3.8, 4) is 0 Å². The van der Waals surface area contributed by atoms with E-state index in [1.165, 1.54) is 0 Å². The number of rotatable bonds is 5. The molecule has 1 aromatic heterocycles. The van der Waals surface area contributed by atoms with Crippen LogP contribution in [0.25, 0.3) is 0 Å². The van der Waals surface area contributed by atoms with E-state index in [0.29, 0.717) is 12.5 Å². The predicted molar refractivity (Wildman–Crippen MR) is 78.3 cm³/mol. The summed E-state index contributed by atoms with van der Waals surface area (Å²) in [5.74, 6) is 1.28. The van der Waals surface area contributed by atoms with Crippen molar-refractivity contribution in [2.24, 2.45) is 11.7 Å². The van der Waals surface area contributed by atoms with E-state index < -0.39 is 10.0 Å². The molecule has 1 aliphatic carbocycles. The van der Waals surface area contributed by atoms with Crippen molar-refractivity contribution in [2.45, 2.75) is 49.7 Å². The van der Waals surface area contributed by atoms with E-state index in [-0.39, 0.29) is 23.5 Å². The van der Waals surface area contributed by atoms with E-state index in [4.69, 9.17) is 5.73 Å². The van der Waals surface area contributed by atoms with Crippen LogP contribution in [0.3, 0.4) is 0 Å². The molecule has 1 aliphatic heterocycles. The SMILES string of the molecule is Cl.NCC(NS(=O)(=O)c1cn2c(n1)CCCC2)C1CC1. The number of nitrogens with zero attached hydrogens (tertiary/aromatic N) is 2. The summed E-state index contributed by atoms with van der Waals surface area (Å²) in [6.07, 6.45) is 6.80. The second kappa shape index (κ2) is 6.01. The Morgan fingerprint density at radius 3 is 2.80 bits per heavy atom. The minimum absolute atomic E-state index is 0. The van der Waals surface area contributed by atoms with Crippen molar-refractivity contribution in [2.75, 3.05) is 6.54 Å². The average molecular weight is 321 g/mol. The van der Waals surface area contributed by atoms with E-state index in [2.05, 4.69) is 9.71 Å². The Bertz CT molecular complexity index is 545. The van der Waals surface area contributed by atoms with Gasteiger partial charge in [0.1, 0.15) is 5.82 Å². The van der Waals surface area contributed by atoms with Crippen molar-refractivity contribution in [1.29, 1.82) is 0 Å². The maximum atomic E-state index is 12.3. The van der Waals surface area contributed by atoms with Crippen LogP contribution in [-0.2, 0) is 23.0 Å². The van der Waals surface area contributed by atoms with Crippen LogP contribution in [0.15, 0.2) is 11.2 Å². The smallest absolute Gasteiger partial charge is 0.259 e. The minimum Gasteiger partial charge on any atom is -0.333 e. The van der Waals surface area contributed by atoms with Crippen LogP contribution in [0.1, 0.15) is 31.5 Å². The Labute approximate surface area is 125 Å². The van der Waals surface area contributed by atoms with Crippen LogP contribution in [0.5, 0.6) is 0 Å². The molecule has 3 rings (SSSR count). The third-order valence-corrected chi connectivity index (χ3v) is 5.27. The molecule has 1 aromatic rings. The molecule has 0 saturated heterocycles. The van der Waals surface area contributed by atoms with Crippen molar-refractivity contribution in [1.82, 2.24) is 14.3 Å². The molecule has 0 amide bonds. The summed E-state index contributed by atoms with van der Waals surface area (Å²) >= 11 is 0. The van der Waals surface area contributed by atoms with Crippen molar-refractivity contribution in [3.05, 3.63) is 12.0 Å². The summed E-state index contributed by atoms with van der Waals surface area (Å²) in [6, 6.07) is -0.149. The fraction of sp³-hybridized carbons (Fsp3) is 0.750.